The Morgan fingerprint density at radius 3 is 2.81 bits per heavy atom. The molecule has 3 rings (SSSR count). The topological polar surface area (TPSA) is 35.5 Å². The maximum absolute atomic E-state index is 11.1. The fourth-order valence-corrected chi connectivity index (χ4v) is 2.81. The maximum atomic E-state index is 11.1. The van der Waals surface area contributed by atoms with Gasteiger partial charge in [-0.25, -0.2) is 0 Å². The zero-order chi connectivity index (χ0) is 14.7. The minimum Gasteiger partial charge on any atom is -0.493 e. The highest BCUT2D eigenvalue weighted by atomic mass is 16.5. The Labute approximate surface area is 124 Å². The molecule has 108 valence electrons. The van der Waals surface area contributed by atoms with Crippen LogP contribution in [0.2, 0.25) is 0 Å². The van der Waals surface area contributed by atoms with Crippen molar-refractivity contribution in [3.63, 3.8) is 0 Å². The molecule has 0 unspecified atom stereocenters. The molecule has 3 nitrogen and oxygen atoms in total. The lowest BCUT2D eigenvalue weighted by Crippen LogP contribution is -2.01. The van der Waals surface area contributed by atoms with Gasteiger partial charge in [0.25, 0.3) is 0 Å². The summed E-state index contributed by atoms with van der Waals surface area (Å²) in [5, 5.41) is 0. The van der Waals surface area contributed by atoms with Crippen LogP contribution < -0.4 is 9.47 Å². The second-order valence-electron chi connectivity index (χ2n) is 5.24. The number of hydrogen-bond acceptors (Lipinski definition) is 3. The molecule has 21 heavy (non-hydrogen) atoms. The average molecular weight is 282 g/mol. The van der Waals surface area contributed by atoms with Crippen LogP contribution in [0.15, 0.2) is 36.4 Å². The molecule has 0 bridgehead atoms. The monoisotopic (exact) mass is 282 g/mol. The summed E-state index contributed by atoms with van der Waals surface area (Å²) < 4.78 is 11.1. The zero-order valence-electron chi connectivity index (χ0n) is 12.1. The van der Waals surface area contributed by atoms with Crippen LogP contribution in [0.1, 0.15) is 33.5 Å². The van der Waals surface area contributed by atoms with Crippen molar-refractivity contribution in [2.75, 3.05) is 7.11 Å². The molecule has 0 amide bonds. The SMILES string of the molecule is COc1cccc(C=O)c1OCc1ccc2c(c1)CCC2. The van der Waals surface area contributed by atoms with Gasteiger partial charge < -0.3 is 9.47 Å². The first-order valence-electron chi connectivity index (χ1n) is 7.17. The molecule has 2 aromatic rings. The minimum absolute atomic E-state index is 0.439. The van der Waals surface area contributed by atoms with Crippen LogP contribution in [-0.2, 0) is 19.4 Å². The molecule has 0 saturated carbocycles. The number of aryl methyl sites for hydroxylation is 2. The summed E-state index contributed by atoms with van der Waals surface area (Å²) >= 11 is 0. The van der Waals surface area contributed by atoms with Crippen LogP contribution in [0.3, 0.4) is 0 Å². The summed E-state index contributed by atoms with van der Waals surface area (Å²) in [4.78, 5) is 11.1. The molecule has 2 aromatic carbocycles. The number of carbonyl (C=O) groups excluding carboxylic acids is 1. The van der Waals surface area contributed by atoms with E-state index in [9.17, 15) is 4.79 Å². The highest BCUT2D eigenvalue weighted by molar-refractivity contribution is 5.81. The van der Waals surface area contributed by atoms with Crippen LogP contribution in [-0.4, -0.2) is 13.4 Å². The molecular weight excluding hydrogens is 264 g/mol. The molecule has 0 aliphatic heterocycles. The van der Waals surface area contributed by atoms with E-state index >= 15 is 0 Å². The van der Waals surface area contributed by atoms with Gasteiger partial charge >= 0.3 is 0 Å². The molecule has 0 heterocycles. The Hall–Kier alpha value is -2.29. The van der Waals surface area contributed by atoms with Gasteiger partial charge in [0.15, 0.2) is 17.8 Å². The van der Waals surface area contributed by atoms with Crippen LogP contribution in [0.4, 0.5) is 0 Å². The van der Waals surface area contributed by atoms with E-state index in [1.165, 1.54) is 24.0 Å². The normalized spacial score (nSPS) is 12.8. The number of hydrogen-bond donors (Lipinski definition) is 0. The third-order valence-corrected chi connectivity index (χ3v) is 3.90. The second-order valence-corrected chi connectivity index (χ2v) is 5.24. The van der Waals surface area contributed by atoms with Crippen molar-refractivity contribution in [1.29, 1.82) is 0 Å². The molecule has 0 atom stereocenters. The van der Waals surface area contributed by atoms with Gasteiger partial charge in [-0.2, -0.15) is 0 Å². The highest BCUT2D eigenvalue weighted by Gasteiger charge is 2.13. The molecule has 0 aromatic heterocycles. The van der Waals surface area contributed by atoms with Crippen molar-refractivity contribution in [3.05, 3.63) is 58.7 Å². The first-order chi connectivity index (χ1) is 10.3. The van der Waals surface area contributed by atoms with Crippen molar-refractivity contribution < 1.29 is 14.3 Å². The van der Waals surface area contributed by atoms with E-state index in [1.807, 2.05) is 0 Å². The van der Waals surface area contributed by atoms with E-state index in [1.54, 1.807) is 25.3 Å². The van der Waals surface area contributed by atoms with Crippen molar-refractivity contribution >= 4 is 6.29 Å². The van der Waals surface area contributed by atoms with Gasteiger partial charge in [-0.05, 0) is 48.1 Å². The lowest BCUT2D eigenvalue weighted by Gasteiger charge is -2.13. The summed E-state index contributed by atoms with van der Waals surface area (Å²) in [5.74, 6) is 1.09. The van der Waals surface area contributed by atoms with Gasteiger partial charge in [0.1, 0.15) is 6.61 Å². The van der Waals surface area contributed by atoms with E-state index in [2.05, 4.69) is 18.2 Å². The number of aldehydes is 1. The number of rotatable bonds is 5. The first-order valence-corrected chi connectivity index (χ1v) is 7.17. The molecule has 1 aliphatic carbocycles. The van der Waals surface area contributed by atoms with Gasteiger partial charge in [-0.15, -0.1) is 0 Å². The van der Waals surface area contributed by atoms with Gasteiger partial charge in [0, 0.05) is 0 Å². The average Bonchev–Trinajstić information content (AvgIpc) is 3.00. The molecule has 0 saturated heterocycles. The molecule has 0 fully saturated rings. The number of benzene rings is 2. The predicted octanol–water partition coefficient (Wildman–Crippen LogP) is 3.58. The van der Waals surface area contributed by atoms with Crippen LogP contribution in [0, 0.1) is 0 Å². The molecule has 0 radical (unpaired) electrons. The lowest BCUT2D eigenvalue weighted by atomic mass is 10.1. The van der Waals surface area contributed by atoms with Gasteiger partial charge in [0.2, 0.25) is 0 Å². The Morgan fingerprint density at radius 1 is 1.14 bits per heavy atom. The number of methoxy groups -OCH3 is 1. The Morgan fingerprint density at radius 2 is 2.00 bits per heavy atom. The summed E-state index contributed by atoms with van der Waals surface area (Å²) in [6.45, 7) is 0.439. The van der Waals surface area contributed by atoms with Crippen LogP contribution in [0.5, 0.6) is 11.5 Å². The van der Waals surface area contributed by atoms with Crippen LogP contribution in [0.25, 0.3) is 0 Å². The smallest absolute Gasteiger partial charge is 0.172 e. The fraction of sp³-hybridized carbons (Fsp3) is 0.278. The van der Waals surface area contributed by atoms with Gasteiger partial charge in [-0.1, -0.05) is 24.3 Å². The second kappa shape index (κ2) is 6.00. The standard InChI is InChI=1S/C18H18O3/c1-20-17-7-3-6-16(11-19)18(17)21-12-13-8-9-14-4-2-5-15(14)10-13/h3,6-11H,2,4-5,12H2,1H3. The zero-order valence-corrected chi connectivity index (χ0v) is 12.1. The van der Waals surface area contributed by atoms with Crippen molar-refractivity contribution in [2.45, 2.75) is 25.9 Å². The van der Waals surface area contributed by atoms with Crippen molar-refractivity contribution in [1.82, 2.24) is 0 Å². The molecule has 3 heteroatoms. The minimum atomic E-state index is 0.439. The predicted molar refractivity (Wildman–Crippen MR) is 81.2 cm³/mol. The van der Waals surface area contributed by atoms with E-state index in [0.29, 0.717) is 23.7 Å². The molecule has 1 aliphatic rings. The fourth-order valence-electron chi connectivity index (χ4n) is 2.81. The highest BCUT2D eigenvalue weighted by Crippen LogP contribution is 2.31. The summed E-state index contributed by atoms with van der Waals surface area (Å²) in [6.07, 6.45) is 4.36. The largest absolute Gasteiger partial charge is 0.493 e. The molecular formula is C18H18O3. The summed E-state index contributed by atoms with van der Waals surface area (Å²) in [6, 6.07) is 11.8. The first kappa shape index (κ1) is 13.7. The Balaban J connectivity index is 1.80. The summed E-state index contributed by atoms with van der Waals surface area (Å²) in [7, 11) is 1.58. The van der Waals surface area contributed by atoms with Crippen molar-refractivity contribution in [3.8, 4) is 11.5 Å². The lowest BCUT2D eigenvalue weighted by molar-refractivity contribution is 0.111. The van der Waals surface area contributed by atoms with Gasteiger partial charge in [0.05, 0.1) is 12.7 Å². The Kier molecular flexibility index (Phi) is 3.91. The third kappa shape index (κ3) is 2.77. The maximum Gasteiger partial charge on any atom is 0.172 e. The number of para-hydroxylation sites is 1. The van der Waals surface area contributed by atoms with Gasteiger partial charge in [-0.3, -0.25) is 4.79 Å². The van der Waals surface area contributed by atoms with Crippen molar-refractivity contribution in [2.24, 2.45) is 0 Å². The number of fused-ring (bicyclic) bond motifs is 1. The number of carbonyl (C=O) groups is 1. The Bertz CT molecular complexity index is 662. The van der Waals surface area contributed by atoms with E-state index < -0.39 is 0 Å². The quantitative estimate of drug-likeness (QED) is 0.786. The number of ether oxygens (including phenoxy) is 2. The molecule has 0 N–H and O–H groups in total. The van der Waals surface area contributed by atoms with E-state index in [-0.39, 0.29) is 0 Å². The van der Waals surface area contributed by atoms with E-state index in [0.717, 1.165) is 18.3 Å². The molecule has 0 spiro atoms. The third-order valence-electron chi connectivity index (χ3n) is 3.90. The van der Waals surface area contributed by atoms with E-state index in [4.69, 9.17) is 9.47 Å². The summed E-state index contributed by atoms with van der Waals surface area (Å²) in [5.41, 5.74) is 4.50. The van der Waals surface area contributed by atoms with Crippen LogP contribution >= 0.6 is 0 Å².